The van der Waals surface area contributed by atoms with Crippen LogP contribution in [0.5, 0.6) is 0 Å². The second kappa shape index (κ2) is 7.20. The molecular formula is C20H31N3O3. The van der Waals surface area contributed by atoms with E-state index >= 15 is 0 Å². The van der Waals surface area contributed by atoms with Crippen LogP contribution in [0.3, 0.4) is 0 Å². The molecule has 0 bridgehead atoms. The number of nitrogens with zero attached hydrogens (tertiary/aromatic N) is 2. The lowest BCUT2D eigenvalue weighted by Gasteiger charge is -2.30. The third-order valence-electron chi connectivity index (χ3n) is 6.89. The standard InChI is InChI=1S/C20H31N3O3/c24-17-11-16(13-22(17)12-15-7-3-1-4-8-15)14-23-18(25)20(21-19(23)26)9-5-2-6-10-20/h15-16H,1-14H2,(H,21,26). The van der Waals surface area contributed by atoms with Gasteiger partial charge in [-0.15, -0.1) is 0 Å². The van der Waals surface area contributed by atoms with Crippen LogP contribution >= 0.6 is 0 Å². The summed E-state index contributed by atoms with van der Waals surface area (Å²) in [5.74, 6) is 0.855. The smallest absolute Gasteiger partial charge is 0.325 e. The molecular weight excluding hydrogens is 330 g/mol. The summed E-state index contributed by atoms with van der Waals surface area (Å²) in [5.41, 5.74) is -0.653. The van der Waals surface area contributed by atoms with E-state index in [0.29, 0.717) is 25.4 Å². The normalized spacial score (nSPS) is 29.7. The fraction of sp³-hybridized carbons (Fsp3) is 0.850. The van der Waals surface area contributed by atoms with Crippen LogP contribution in [0.25, 0.3) is 0 Å². The Kier molecular flexibility index (Phi) is 4.93. The molecule has 4 rings (SSSR count). The van der Waals surface area contributed by atoms with Crippen LogP contribution in [-0.4, -0.2) is 52.8 Å². The highest BCUT2D eigenvalue weighted by molar-refractivity contribution is 6.07. The van der Waals surface area contributed by atoms with Crippen LogP contribution in [0, 0.1) is 11.8 Å². The molecule has 2 heterocycles. The second-order valence-corrected chi connectivity index (χ2v) is 8.86. The molecule has 6 nitrogen and oxygen atoms in total. The number of likely N-dealkylation sites (tertiary alicyclic amines) is 1. The molecule has 4 aliphatic rings. The van der Waals surface area contributed by atoms with Crippen molar-refractivity contribution in [3.05, 3.63) is 0 Å². The largest absolute Gasteiger partial charge is 0.342 e. The molecule has 1 N–H and O–H groups in total. The summed E-state index contributed by atoms with van der Waals surface area (Å²) in [6.45, 7) is 1.94. The highest BCUT2D eigenvalue weighted by Crippen LogP contribution is 2.35. The van der Waals surface area contributed by atoms with E-state index in [1.54, 1.807) is 0 Å². The van der Waals surface area contributed by atoms with Gasteiger partial charge in [0.1, 0.15) is 5.54 Å². The van der Waals surface area contributed by atoms with Gasteiger partial charge >= 0.3 is 6.03 Å². The number of carbonyl (C=O) groups is 3. The first-order chi connectivity index (χ1) is 12.6. The van der Waals surface area contributed by atoms with E-state index < -0.39 is 5.54 Å². The molecule has 4 fully saturated rings. The van der Waals surface area contributed by atoms with Gasteiger partial charge in [0, 0.05) is 32.0 Å². The van der Waals surface area contributed by atoms with E-state index in [0.717, 1.165) is 38.6 Å². The van der Waals surface area contributed by atoms with Gasteiger partial charge in [-0.1, -0.05) is 38.5 Å². The first kappa shape index (κ1) is 17.8. The Morgan fingerprint density at radius 2 is 1.58 bits per heavy atom. The van der Waals surface area contributed by atoms with Crippen LogP contribution in [0.4, 0.5) is 4.79 Å². The zero-order valence-electron chi connectivity index (χ0n) is 15.7. The van der Waals surface area contributed by atoms with Crippen molar-refractivity contribution >= 4 is 17.8 Å². The molecule has 144 valence electrons. The van der Waals surface area contributed by atoms with E-state index in [2.05, 4.69) is 5.32 Å². The molecule has 0 aromatic carbocycles. The van der Waals surface area contributed by atoms with Crippen molar-refractivity contribution in [3.8, 4) is 0 Å². The summed E-state index contributed by atoms with van der Waals surface area (Å²) in [5, 5.41) is 2.97. The van der Waals surface area contributed by atoms with Crippen LogP contribution in [0.15, 0.2) is 0 Å². The molecule has 4 amide bonds. The minimum atomic E-state index is -0.653. The Bertz CT molecular complexity index is 579. The van der Waals surface area contributed by atoms with Crippen LogP contribution < -0.4 is 5.32 Å². The highest BCUT2D eigenvalue weighted by atomic mass is 16.2. The van der Waals surface area contributed by atoms with E-state index in [1.165, 1.54) is 37.0 Å². The fourth-order valence-electron chi connectivity index (χ4n) is 5.43. The van der Waals surface area contributed by atoms with E-state index in [4.69, 9.17) is 0 Å². The molecule has 26 heavy (non-hydrogen) atoms. The molecule has 1 spiro atoms. The topological polar surface area (TPSA) is 69.7 Å². The van der Waals surface area contributed by atoms with Crippen molar-refractivity contribution in [1.29, 1.82) is 0 Å². The van der Waals surface area contributed by atoms with Gasteiger partial charge in [-0.2, -0.15) is 0 Å². The number of carbonyl (C=O) groups excluding carboxylic acids is 3. The monoisotopic (exact) mass is 361 g/mol. The average Bonchev–Trinajstić information content (AvgIpc) is 3.09. The third-order valence-corrected chi connectivity index (χ3v) is 6.89. The van der Waals surface area contributed by atoms with E-state index in [9.17, 15) is 14.4 Å². The highest BCUT2D eigenvalue weighted by Gasteiger charge is 2.52. The average molecular weight is 361 g/mol. The van der Waals surface area contributed by atoms with Gasteiger partial charge in [0.25, 0.3) is 5.91 Å². The Morgan fingerprint density at radius 1 is 0.885 bits per heavy atom. The summed E-state index contributed by atoms with van der Waals surface area (Å²) >= 11 is 0. The summed E-state index contributed by atoms with van der Waals surface area (Å²) < 4.78 is 0. The number of rotatable bonds is 4. The minimum absolute atomic E-state index is 0.0552. The van der Waals surface area contributed by atoms with Gasteiger partial charge in [0.2, 0.25) is 5.91 Å². The molecule has 0 aromatic heterocycles. The maximum absolute atomic E-state index is 12.9. The number of hydrogen-bond acceptors (Lipinski definition) is 3. The molecule has 0 radical (unpaired) electrons. The van der Waals surface area contributed by atoms with Gasteiger partial charge in [0.05, 0.1) is 0 Å². The van der Waals surface area contributed by atoms with Crippen LogP contribution in [0.1, 0.15) is 70.6 Å². The number of imide groups is 1. The lowest BCUT2D eigenvalue weighted by atomic mass is 9.81. The summed E-state index contributed by atoms with van der Waals surface area (Å²) in [6.07, 6.45) is 11.4. The predicted octanol–water partition coefficient (Wildman–Crippen LogP) is 2.67. The molecule has 2 saturated heterocycles. The van der Waals surface area contributed by atoms with E-state index in [-0.39, 0.29) is 23.8 Å². The van der Waals surface area contributed by atoms with Crippen molar-refractivity contribution in [1.82, 2.24) is 15.1 Å². The van der Waals surface area contributed by atoms with Crippen molar-refractivity contribution in [2.24, 2.45) is 11.8 Å². The number of hydrogen-bond donors (Lipinski definition) is 1. The van der Waals surface area contributed by atoms with Crippen molar-refractivity contribution < 1.29 is 14.4 Å². The van der Waals surface area contributed by atoms with Crippen molar-refractivity contribution in [2.45, 2.75) is 76.2 Å². The zero-order valence-corrected chi connectivity index (χ0v) is 15.7. The van der Waals surface area contributed by atoms with Gasteiger partial charge in [-0.25, -0.2) is 4.79 Å². The molecule has 1 unspecified atom stereocenters. The molecule has 2 aliphatic heterocycles. The van der Waals surface area contributed by atoms with E-state index in [1.807, 2.05) is 4.90 Å². The summed E-state index contributed by atoms with van der Waals surface area (Å²) in [6, 6.07) is -0.255. The SMILES string of the molecule is O=C1CC(CN2C(=O)NC3(CCCCC3)C2=O)CN1CC1CCCCC1. The van der Waals surface area contributed by atoms with Gasteiger partial charge in [0.15, 0.2) is 0 Å². The van der Waals surface area contributed by atoms with Crippen LogP contribution in [-0.2, 0) is 9.59 Å². The maximum Gasteiger partial charge on any atom is 0.325 e. The van der Waals surface area contributed by atoms with Crippen molar-refractivity contribution in [2.75, 3.05) is 19.6 Å². The summed E-state index contributed by atoms with van der Waals surface area (Å²) in [7, 11) is 0. The number of urea groups is 1. The van der Waals surface area contributed by atoms with Gasteiger partial charge in [-0.05, 0) is 31.6 Å². The predicted molar refractivity (Wildman–Crippen MR) is 97.3 cm³/mol. The second-order valence-electron chi connectivity index (χ2n) is 8.86. The molecule has 1 atom stereocenters. The van der Waals surface area contributed by atoms with Crippen LogP contribution in [0.2, 0.25) is 0 Å². The third kappa shape index (κ3) is 3.35. The Balaban J connectivity index is 1.34. The quantitative estimate of drug-likeness (QED) is 0.783. The minimum Gasteiger partial charge on any atom is -0.342 e. The zero-order chi connectivity index (χ0) is 18.1. The number of nitrogens with one attached hydrogen (secondary N) is 1. The van der Waals surface area contributed by atoms with Gasteiger partial charge < -0.3 is 10.2 Å². The lowest BCUT2D eigenvalue weighted by Crippen LogP contribution is -2.48. The lowest BCUT2D eigenvalue weighted by molar-refractivity contribution is -0.133. The molecule has 2 saturated carbocycles. The fourth-order valence-corrected chi connectivity index (χ4v) is 5.43. The Labute approximate surface area is 155 Å². The maximum atomic E-state index is 12.9. The first-order valence-electron chi connectivity index (χ1n) is 10.5. The van der Waals surface area contributed by atoms with Gasteiger partial charge in [-0.3, -0.25) is 14.5 Å². The number of amides is 4. The Morgan fingerprint density at radius 3 is 2.31 bits per heavy atom. The molecule has 6 heteroatoms. The van der Waals surface area contributed by atoms with Crippen molar-refractivity contribution in [3.63, 3.8) is 0 Å². The first-order valence-corrected chi connectivity index (χ1v) is 10.5. The Hall–Kier alpha value is -1.59. The molecule has 0 aromatic rings. The molecule has 2 aliphatic carbocycles. The summed E-state index contributed by atoms with van der Waals surface area (Å²) in [4.78, 5) is 41.1.